The average Bonchev–Trinajstić information content (AvgIpc) is 2.81. The number of carbonyl (C=O) groups is 1. The molecule has 0 radical (unpaired) electrons. The van der Waals surface area contributed by atoms with Crippen LogP contribution in [0, 0.1) is 0 Å². The highest BCUT2D eigenvalue weighted by molar-refractivity contribution is 7.91. The Bertz CT molecular complexity index is 1180. The molecule has 6 nitrogen and oxygen atoms in total. The van der Waals surface area contributed by atoms with Crippen LogP contribution in [0.5, 0.6) is 5.75 Å². The smallest absolute Gasteiger partial charge is 0.410 e. The lowest BCUT2D eigenvalue weighted by molar-refractivity contribution is 0.0236. The van der Waals surface area contributed by atoms with Gasteiger partial charge in [-0.25, -0.2) is 13.2 Å². The lowest BCUT2D eigenvalue weighted by Gasteiger charge is -2.27. The molecule has 1 amide bonds. The molecule has 7 heteroatoms. The molecule has 3 aromatic rings. The van der Waals surface area contributed by atoms with Crippen LogP contribution in [0.25, 0.3) is 0 Å². The van der Waals surface area contributed by atoms with Crippen LogP contribution >= 0.6 is 0 Å². The van der Waals surface area contributed by atoms with Crippen molar-refractivity contribution in [3.63, 3.8) is 0 Å². The third kappa shape index (κ3) is 6.84. The number of nitrogens with zero attached hydrogens (tertiary/aromatic N) is 1. The number of methoxy groups -OCH3 is 1. The maximum absolute atomic E-state index is 12.9. The summed E-state index contributed by atoms with van der Waals surface area (Å²) in [5.74, 6) is 0.597. The second-order valence-electron chi connectivity index (χ2n) is 8.96. The van der Waals surface area contributed by atoms with Crippen molar-refractivity contribution < 1.29 is 22.7 Å². The Balaban J connectivity index is 1.72. The van der Waals surface area contributed by atoms with Crippen molar-refractivity contribution in [1.82, 2.24) is 4.90 Å². The van der Waals surface area contributed by atoms with E-state index < -0.39 is 15.4 Å². The molecule has 0 bridgehead atoms. The van der Waals surface area contributed by atoms with Gasteiger partial charge in [0, 0.05) is 13.1 Å². The van der Waals surface area contributed by atoms with Crippen LogP contribution in [0.15, 0.2) is 88.7 Å². The molecular weight excluding hydrogens is 450 g/mol. The van der Waals surface area contributed by atoms with Gasteiger partial charge in [0.1, 0.15) is 11.4 Å². The normalized spacial score (nSPS) is 11.6. The average molecular weight is 482 g/mol. The summed E-state index contributed by atoms with van der Waals surface area (Å²) in [5.41, 5.74) is 1.34. The van der Waals surface area contributed by atoms with E-state index >= 15 is 0 Å². The first-order valence-electron chi connectivity index (χ1n) is 11.1. The van der Waals surface area contributed by atoms with Gasteiger partial charge in [-0.3, -0.25) is 0 Å². The van der Waals surface area contributed by atoms with Crippen molar-refractivity contribution in [1.29, 1.82) is 0 Å². The van der Waals surface area contributed by atoms with E-state index in [1.54, 1.807) is 41.3 Å². The highest BCUT2D eigenvalue weighted by Crippen LogP contribution is 2.23. The zero-order valence-corrected chi connectivity index (χ0v) is 20.8. The van der Waals surface area contributed by atoms with Crippen LogP contribution in [-0.4, -0.2) is 38.7 Å². The fraction of sp³-hybridized carbons (Fsp3) is 0.296. The molecule has 0 spiro atoms. The van der Waals surface area contributed by atoms with Gasteiger partial charge in [-0.05, 0) is 74.7 Å². The topological polar surface area (TPSA) is 72.9 Å². The van der Waals surface area contributed by atoms with E-state index in [1.807, 2.05) is 51.1 Å². The highest BCUT2D eigenvalue weighted by atomic mass is 32.2. The fourth-order valence-corrected chi connectivity index (χ4v) is 4.62. The Hall–Kier alpha value is -3.32. The molecule has 0 fully saturated rings. The molecule has 0 aromatic heterocycles. The Kier molecular flexibility index (Phi) is 7.99. The first kappa shape index (κ1) is 25.3. The summed E-state index contributed by atoms with van der Waals surface area (Å²) >= 11 is 0. The zero-order valence-electron chi connectivity index (χ0n) is 20.0. The molecule has 0 N–H and O–H groups in total. The maximum Gasteiger partial charge on any atom is 0.410 e. The second kappa shape index (κ2) is 10.7. The molecule has 34 heavy (non-hydrogen) atoms. The van der Waals surface area contributed by atoms with E-state index in [-0.39, 0.29) is 15.9 Å². The van der Waals surface area contributed by atoms with Crippen molar-refractivity contribution >= 4 is 15.9 Å². The van der Waals surface area contributed by atoms with Crippen molar-refractivity contribution in [2.45, 2.75) is 49.1 Å². The molecule has 0 atom stereocenters. The van der Waals surface area contributed by atoms with E-state index in [0.717, 1.165) is 11.1 Å². The summed E-state index contributed by atoms with van der Waals surface area (Å²) in [6, 6.07) is 22.8. The van der Waals surface area contributed by atoms with Crippen LogP contribution < -0.4 is 4.74 Å². The summed E-state index contributed by atoms with van der Waals surface area (Å²) in [5, 5.41) is 0. The predicted molar refractivity (Wildman–Crippen MR) is 132 cm³/mol. The van der Waals surface area contributed by atoms with E-state index in [0.29, 0.717) is 25.3 Å². The minimum atomic E-state index is -3.63. The molecule has 0 saturated carbocycles. The number of hydrogen-bond donors (Lipinski definition) is 0. The largest absolute Gasteiger partial charge is 0.497 e. The van der Waals surface area contributed by atoms with Crippen LogP contribution in [0.3, 0.4) is 0 Å². The molecule has 0 unspecified atom stereocenters. The van der Waals surface area contributed by atoms with Gasteiger partial charge in [-0.15, -0.1) is 0 Å². The second-order valence-corrected chi connectivity index (χ2v) is 10.9. The third-order valence-electron chi connectivity index (χ3n) is 5.14. The molecule has 3 aromatic carbocycles. The summed E-state index contributed by atoms with van der Waals surface area (Å²) in [7, 11) is -2.09. The van der Waals surface area contributed by atoms with E-state index in [1.165, 1.54) is 19.2 Å². The number of carbonyl (C=O) groups excluding carboxylic acids is 1. The quantitative estimate of drug-likeness (QED) is 0.424. The Morgan fingerprint density at radius 2 is 1.38 bits per heavy atom. The van der Waals surface area contributed by atoms with Gasteiger partial charge in [0.15, 0.2) is 0 Å². The number of rotatable bonds is 8. The van der Waals surface area contributed by atoms with Gasteiger partial charge in [-0.2, -0.15) is 0 Å². The summed E-state index contributed by atoms with van der Waals surface area (Å²) in [6.07, 6.45) is 0.185. The van der Waals surface area contributed by atoms with Crippen molar-refractivity contribution in [2.24, 2.45) is 0 Å². The first-order valence-corrected chi connectivity index (χ1v) is 12.6. The SMILES string of the molecule is COc1ccc(S(=O)(=O)c2ccc(CCN(Cc3ccccc3)C(=O)OC(C)(C)C)cc2)cc1. The van der Waals surface area contributed by atoms with Gasteiger partial charge < -0.3 is 14.4 Å². The minimum Gasteiger partial charge on any atom is -0.497 e. The van der Waals surface area contributed by atoms with Crippen molar-refractivity contribution in [3.8, 4) is 5.75 Å². The molecular formula is C27H31NO5S. The minimum absolute atomic E-state index is 0.208. The zero-order chi connectivity index (χ0) is 24.8. The molecule has 0 aliphatic heterocycles. The highest BCUT2D eigenvalue weighted by Gasteiger charge is 2.22. The first-order chi connectivity index (χ1) is 16.1. The van der Waals surface area contributed by atoms with Gasteiger partial charge in [0.25, 0.3) is 0 Å². The predicted octanol–water partition coefficient (Wildman–Crippen LogP) is 5.51. The van der Waals surface area contributed by atoms with E-state index in [2.05, 4.69) is 0 Å². The maximum atomic E-state index is 12.9. The Morgan fingerprint density at radius 1 is 0.824 bits per heavy atom. The number of hydrogen-bond acceptors (Lipinski definition) is 5. The number of benzene rings is 3. The number of sulfone groups is 1. The van der Waals surface area contributed by atoms with Gasteiger partial charge in [0.2, 0.25) is 9.84 Å². The molecule has 0 heterocycles. The molecule has 0 aliphatic carbocycles. The number of amides is 1. The van der Waals surface area contributed by atoms with Crippen LogP contribution in [-0.2, 0) is 27.5 Å². The lowest BCUT2D eigenvalue weighted by Crippen LogP contribution is -2.37. The van der Waals surface area contributed by atoms with Crippen LogP contribution in [0.2, 0.25) is 0 Å². The van der Waals surface area contributed by atoms with Gasteiger partial charge >= 0.3 is 6.09 Å². The molecule has 0 aliphatic rings. The Labute approximate surface area is 202 Å². The van der Waals surface area contributed by atoms with Gasteiger partial charge in [0.05, 0.1) is 16.9 Å². The van der Waals surface area contributed by atoms with Gasteiger partial charge in [-0.1, -0.05) is 42.5 Å². The Morgan fingerprint density at radius 3 is 1.91 bits per heavy atom. The fourth-order valence-electron chi connectivity index (χ4n) is 3.36. The third-order valence-corrected chi connectivity index (χ3v) is 6.93. The van der Waals surface area contributed by atoms with E-state index in [4.69, 9.17) is 9.47 Å². The van der Waals surface area contributed by atoms with Crippen molar-refractivity contribution in [3.05, 3.63) is 90.0 Å². The molecule has 3 rings (SSSR count). The lowest BCUT2D eigenvalue weighted by atomic mass is 10.1. The van der Waals surface area contributed by atoms with Crippen molar-refractivity contribution in [2.75, 3.05) is 13.7 Å². The van der Waals surface area contributed by atoms with E-state index in [9.17, 15) is 13.2 Å². The van der Waals surface area contributed by atoms with Crippen LogP contribution in [0.1, 0.15) is 31.9 Å². The van der Waals surface area contributed by atoms with Crippen LogP contribution in [0.4, 0.5) is 4.79 Å². The monoisotopic (exact) mass is 481 g/mol. The summed E-state index contributed by atoms with van der Waals surface area (Å²) < 4.78 is 36.5. The standard InChI is InChI=1S/C27H31NO5S/c1-27(2,3)33-26(29)28(20-22-8-6-5-7-9-22)19-18-21-10-14-24(15-11-21)34(30,31)25-16-12-23(32-4)13-17-25/h5-17H,18-20H2,1-4H3. The summed E-state index contributed by atoms with van der Waals surface area (Å²) in [4.78, 5) is 14.9. The number of ether oxygens (including phenoxy) is 2. The molecule has 0 saturated heterocycles. The summed E-state index contributed by atoms with van der Waals surface area (Å²) in [6.45, 7) is 6.39. The molecule has 180 valence electrons.